The molecule has 0 unspecified atom stereocenters. The molecule has 3 heterocycles. The fourth-order valence-corrected chi connectivity index (χ4v) is 3.91. The first kappa shape index (κ1) is 20.1. The highest BCUT2D eigenvalue weighted by molar-refractivity contribution is 6.11. The molecule has 1 aliphatic heterocycles. The van der Waals surface area contributed by atoms with E-state index in [0.29, 0.717) is 5.69 Å². The second-order valence-electron chi connectivity index (χ2n) is 7.75. The van der Waals surface area contributed by atoms with Crippen LogP contribution in [0.25, 0.3) is 11.3 Å². The quantitative estimate of drug-likeness (QED) is 0.613. The van der Waals surface area contributed by atoms with Gasteiger partial charge in [-0.25, -0.2) is 13.6 Å². The van der Waals surface area contributed by atoms with E-state index >= 15 is 0 Å². The maximum absolute atomic E-state index is 13.5. The number of nitrogens with one attached hydrogen (secondary N) is 1. The van der Waals surface area contributed by atoms with Gasteiger partial charge in [0.25, 0.3) is 5.91 Å². The van der Waals surface area contributed by atoms with Crippen molar-refractivity contribution < 1.29 is 23.2 Å². The van der Waals surface area contributed by atoms with Crippen LogP contribution in [0.2, 0.25) is 0 Å². The summed E-state index contributed by atoms with van der Waals surface area (Å²) in [6.07, 6.45) is 1.83. The summed E-state index contributed by atoms with van der Waals surface area (Å²) in [5.74, 6) is -3.91. The van der Waals surface area contributed by atoms with Gasteiger partial charge in [0.05, 0.1) is 12.2 Å². The smallest absolute Gasteiger partial charge is 0.323 e. The lowest BCUT2D eigenvalue weighted by atomic mass is 9.80. The molecule has 9 heteroatoms. The van der Waals surface area contributed by atoms with Crippen LogP contribution < -0.4 is 5.32 Å². The standard InChI is InChI=1S/C21H20F2N4O3/c1-13-15(3-2-10-24-13)16-5-4-14(11-25-16)17(28)12-27-18(29)20(26-19(27)30)6-8-21(22,23)9-7-20/h2-5,10-11H,6-9,12H2,1H3,(H,26,30). The summed E-state index contributed by atoms with van der Waals surface area (Å²) in [5.41, 5.74) is 1.19. The first-order valence-electron chi connectivity index (χ1n) is 9.64. The number of hydrogen-bond acceptors (Lipinski definition) is 5. The predicted octanol–water partition coefficient (Wildman–Crippen LogP) is 3.13. The van der Waals surface area contributed by atoms with Crippen LogP contribution in [0.1, 0.15) is 41.7 Å². The van der Waals surface area contributed by atoms with E-state index in [9.17, 15) is 23.2 Å². The van der Waals surface area contributed by atoms with Crippen molar-refractivity contribution in [1.29, 1.82) is 0 Å². The number of nitrogens with zero attached hydrogens (tertiary/aromatic N) is 3. The van der Waals surface area contributed by atoms with Crippen LogP contribution in [0.4, 0.5) is 13.6 Å². The molecular formula is C21H20F2N4O3. The third kappa shape index (κ3) is 3.55. The average molecular weight is 414 g/mol. The summed E-state index contributed by atoms with van der Waals surface area (Å²) in [5, 5.41) is 2.53. The topological polar surface area (TPSA) is 92.3 Å². The summed E-state index contributed by atoms with van der Waals surface area (Å²) < 4.78 is 26.9. The zero-order valence-electron chi connectivity index (χ0n) is 16.3. The van der Waals surface area contributed by atoms with Gasteiger partial charge in [0.15, 0.2) is 5.78 Å². The molecule has 2 aliphatic rings. The molecule has 2 aromatic rings. The number of aryl methyl sites for hydroxylation is 1. The fraction of sp³-hybridized carbons (Fsp3) is 0.381. The van der Waals surface area contributed by atoms with E-state index in [-0.39, 0.29) is 18.4 Å². The van der Waals surface area contributed by atoms with Crippen molar-refractivity contribution in [2.45, 2.75) is 44.1 Å². The minimum Gasteiger partial charge on any atom is -0.323 e. The second-order valence-corrected chi connectivity index (χ2v) is 7.75. The molecule has 1 saturated carbocycles. The summed E-state index contributed by atoms with van der Waals surface area (Å²) in [7, 11) is 0. The Morgan fingerprint density at radius 3 is 2.50 bits per heavy atom. The minimum atomic E-state index is -2.83. The minimum absolute atomic E-state index is 0.143. The van der Waals surface area contributed by atoms with Gasteiger partial charge >= 0.3 is 6.03 Å². The van der Waals surface area contributed by atoms with Gasteiger partial charge < -0.3 is 5.32 Å². The number of ketones is 1. The monoisotopic (exact) mass is 414 g/mol. The van der Waals surface area contributed by atoms with Gasteiger partial charge in [-0.1, -0.05) is 0 Å². The lowest BCUT2D eigenvalue weighted by molar-refractivity contribution is -0.135. The molecule has 0 aromatic carbocycles. The normalized spacial score (nSPS) is 19.8. The number of halogens is 2. The SMILES string of the molecule is Cc1ncccc1-c1ccc(C(=O)CN2C(=O)NC3(CCC(F)(F)CC3)C2=O)cn1. The second kappa shape index (κ2) is 7.23. The van der Waals surface area contributed by atoms with Gasteiger partial charge in [0.2, 0.25) is 5.92 Å². The van der Waals surface area contributed by atoms with Gasteiger partial charge in [-0.3, -0.25) is 24.5 Å². The molecular weight excluding hydrogens is 394 g/mol. The number of pyridine rings is 2. The Morgan fingerprint density at radius 2 is 1.87 bits per heavy atom. The van der Waals surface area contributed by atoms with E-state index in [1.165, 1.54) is 6.20 Å². The van der Waals surface area contributed by atoms with Gasteiger partial charge in [0, 0.05) is 42.1 Å². The maximum Gasteiger partial charge on any atom is 0.325 e. The summed E-state index contributed by atoms with van der Waals surface area (Å²) in [6, 6.07) is 6.18. The molecule has 0 bridgehead atoms. The van der Waals surface area contributed by atoms with Crippen molar-refractivity contribution in [3.63, 3.8) is 0 Å². The zero-order valence-corrected chi connectivity index (χ0v) is 16.3. The Kier molecular flexibility index (Phi) is 4.83. The van der Waals surface area contributed by atoms with Crippen LogP contribution in [-0.4, -0.2) is 50.6 Å². The van der Waals surface area contributed by atoms with Crippen LogP contribution in [-0.2, 0) is 4.79 Å². The molecule has 0 radical (unpaired) electrons. The Hall–Kier alpha value is -3.23. The molecule has 2 aromatic heterocycles. The Morgan fingerprint density at radius 1 is 1.13 bits per heavy atom. The van der Waals surface area contributed by atoms with Crippen LogP contribution in [0.5, 0.6) is 0 Å². The molecule has 1 spiro atoms. The summed E-state index contributed by atoms with van der Waals surface area (Å²) in [6.45, 7) is 1.39. The van der Waals surface area contributed by atoms with Crippen molar-refractivity contribution in [2.24, 2.45) is 0 Å². The molecule has 7 nitrogen and oxygen atoms in total. The van der Waals surface area contributed by atoms with Gasteiger partial charge in [-0.15, -0.1) is 0 Å². The Bertz CT molecular complexity index is 1010. The molecule has 1 saturated heterocycles. The molecule has 2 fully saturated rings. The highest BCUT2D eigenvalue weighted by Gasteiger charge is 2.55. The van der Waals surface area contributed by atoms with Crippen molar-refractivity contribution in [3.8, 4) is 11.3 Å². The Labute approximate surface area is 171 Å². The third-order valence-electron chi connectivity index (χ3n) is 5.75. The molecule has 30 heavy (non-hydrogen) atoms. The van der Waals surface area contributed by atoms with Gasteiger partial charge in [0.1, 0.15) is 5.54 Å². The van der Waals surface area contributed by atoms with Crippen LogP contribution >= 0.6 is 0 Å². The molecule has 1 N–H and O–H groups in total. The van der Waals surface area contributed by atoms with Gasteiger partial charge in [-0.05, 0) is 44.0 Å². The van der Waals surface area contributed by atoms with E-state index in [4.69, 9.17) is 0 Å². The number of carbonyl (C=O) groups excluding carboxylic acids is 3. The van der Waals surface area contributed by atoms with E-state index in [2.05, 4.69) is 15.3 Å². The van der Waals surface area contributed by atoms with E-state index in [1.54, 1.807) is 24.4 Å². The van der Waals surface area contributed by atoms with Crippen molar-refractivity contribution in [1.82, 2.24) is 20.2 Å². The number of amides is 3. The summed E-state index contributed by atoms with van der Waals surface area (Å²) in [4.78, 5) is 47.0. The first-order chi connectivity index (χ1) is 14.2. The Balaban J connectivity index is 1.47. The molecule has 3 amide bonds. The van der Waals surface area contributed by atoms with Crippen LogP contribution in [0.15, 0.2) is 36.7 Å². The molecule has 1 aliphatic carbocycles. The number of carbonyl (C=O) groups is 3. The summed E-state index contributed by atoms with van der Waals surface area (Å²) >= 11 is 0. The molecule has 0 atom stereocenters. The zero-order chi connectivity index (χ0) is 21.5. The van der Waals surface area contributed by atoms with Crippen molar-refractivity contribution in [3.05, 3.63) is 47.9 Å². The number of hydrogen-bond donors (Lipinski definition) is 1. The fourth-order valence-electron chi connectivity index (χ4n) is 3.91. The average Bonchev–Trinajstić information content (AvgIpc) is 2.95. The highest BCUT2D eigenvalue weighted by atomic mass is 19.3. The number of alkyl halides is 2. The third-order valence-corrected chi connectivity index (χ3v) is 5.75. The highest BCUT2D eigenvalue weighted by Crippen LogP contribution is 2.41. The van der Waals surface area contributed by atoms with E-state index < -0.39 is 48.6 Å². The van der Waals surface area contributed by atoms with E-state index in [0.717, 1.165) is 16.2 Å². The maximum atomic E-state index is 13.5. The lowest BCUT2D eigenvalue weighted by Crippen LogP contribution is -2.51. The van der Waals surface area contributed by atoms with Gasteiger partial charge in [-0.2, -0.15) is 0 Å². The van der Waals surface area contributed by atoms with E-state index in [1.807, 2.05) is 13.0 Å². The first-order valence-corrected chi connectivity index (χ1v) is 9.64. The lowest BCUT2D eigenvalue weighted by Gasteiger charge is -2.34. The molecule has 4 rings (SSSR count). The van der Waals surface area contributed by atoms with Crippen molar-refractivity contribution >= 4 is 17.7 Å². The number of aromatic nitrogens is 2. The number of imide groups is 1. The number of rotatable bonds is 4. The predicted molar refractivity (Wildman–Crippen MR) is 103 cm³/mol. The number of urea groups is 1. The number of Topliss-reactive ketones (excluding diaryl/α,β-unsaturated/α-hetero) is 1. The largest absolute Gasteiger partial charge is 0.325 e. The van der Waals surface area contributed by atoms with Crippen LogP contribution in [0.3, 0.4) is 0 Å². The molecule has 156 valence electrons. The van der Waals surface area contributed by atoms with Crippen LogP contribution in [0, 0.1) is 6.92 Å². The van der Waals surface area contributed by atoms with Crippen molar-refractivity contribution in [2.75, 3.05) is 6.54 Å².